The Bertz CT molecular complexity index is 1020. The van der Waals surface area contributed by atoms with Gasteiger partial charge in [-0.05, 0) is 32.3 Å². The molecular formula is C22H28N4O2. The molecule has 0 unspecified atom stereocenters. The lowest BCUT2D eigenvalue weighted by molar-refractivity contribution is 0.0588. The highest BCUT2D eigenvalue weighted by atomic mass is 16.6. The standard InChI is InChI=1S/C22H28N4O2/c1-14(2)15-10-8-9-11-16(15)19-20-17(25(6)13-23-20)12-18(24-19)26(7)21(27)28-22(3,4)5/h8-14H,1-7H3. The molecule has 3 aromatic rings. The van der Waals surface area contributed by atoms with E-state index in [1.54, 1.807) is 13.4 Å². The van der Waals surface area contributed by atoms with Crippen molar-refractivity contribution in [3.63, 3.8) is 0 Å². The van der Waals surface area contributed by atoms with Crippen LogP contribution in [0.25, 0.3) is 22.3 Å². The Labute approximate surface area is 166 Å². The SMILES string of the molecule is CC(C)c1ccccc1-c1nc(N(C)C(=O)OC(C)(C)C)cc2c1ncn2C. The number of hydrogen-bond donors (Lipinski definition) is 0. The molecule has 0 fully saturated rings. The Morgan fingerprint density at radius 1 is 1.21 bits per heavy atom. The summed E-state index contributed by atoms with van der Waals surface area (Å²) in [6, 6.07) is 10.1. The molecule has 0 aliphatic carbocycles. The third kappa shape index (κ3) is 3.86. The van der Waals surface area contributed by atoms with Gasteiger partial charge < -0.3 is 9.30 Å². The van der Waals surface area contributed by atoms with E-state index in [9.17, 15) is 4.79 Å². The average molecular weight is 380 g/mol. The van der Waals surface area contributed by atoms with E-state index in [2.05, 4.69) is 31.0 Å². The second-order valence-electron chi connectivity index (χ2n) is 8.33. The number of aromatic nitrogens is 3. The highest BCUT2D eigenvalue weighted by Gasteiger charge is 2.24. The van der Waals surface area contributed by atoms with Crippen molar-refractivity contribution in [2.75, 3.05) is 11.9 Å². The van der Waals surface area contributed by atoms with Gasteiger partial charge in [0.15, 0.2) is 0 Å². The van der Waals surface area contributed by atoms with Crippen LogP contribution in [-0.2, 0) is 11.8 Å². The Morgan fingerprint density at radius 2 is 1.89 bits per heavy atom. The predicted molar refractivity (Wildman–Crippen MR) is 113 cm³/mol. The monoisotopic (exact) mass is 380 g/mol. The van der Waals surface area contributed by atoms with Crippen LogP contribution in [0.2, 0.25) is 0 Å². The first-order valence-corrected chi connectivity index (χ1v) is 9.46. The molecule has 6 nitrogen and oxygen atoms in total. The minimum absolute atomic E-state index is 0.337. The topological polar surface area (TPSA) is 60.3 Å². The van der Waals surface area contributed by atoms with Gasteiger partial charge in [0, 0.05) is 25.7 Å². The largest absolute Gasteiger partial charge is 0.443 e. The van der Waals surface area contributed by atoms with Crippen LogP contribution in [0.4, 0.5) is 10.6 Å². The number of hydrogen-bond acceptors (Lipinski definition) is 4. The van der Waals surface area contributed by atoms with Crippen molar-refractivity contribution in [1.29, 1.82) is 0 Å². The van der Waals surface area contributed by atoms with E-state index in [1.807, 2.05) is 50.6 Å². The summed E-state index contributed by atoms with van der Waals surface area (Å²) in [4.78, 5) is 23.4. The van der Waals surface area contributed by atoms with Crippen LogP contribution in [0.1, 0.15) is 46.1 Å². The van der Waals surface area contributed by atoms with E-state index in [0.29, 0.717) is 11.7 Å². The molecule has 0 N–H and O–H groups in total. The maximum Gasteiger partial charge on any atom is 0.415 e. The number of carbonyl (C=O) groups excluding carboxylic acids is 1. The van der Waals surface area contributed by atoms with E-state index >= 15 is 0 Å². The number of ether oxygens (including phenoxy) is 1. The van der Waals surface area contributed by atoms with Crippen molar-refractivity contribution >= 4 is 22.9 Å². The normalized spacial score (nSPS) is 11.9. The fourth-order valence-corrected chi connectivity index (χ4v) is 3.11. The Balaban J connectivity index is 2.18. The first-order chi connectivity index (χ1) is 13.1. The van der Waals surface area contributed by atoms with E-state index in [0.717, 1.165) is 22.3 Å². The van der Waals surface area contributed by atoms with Gasteiger partial charge in [0.05, 0.1) is 11.8 Å². The zero-order chi connectivity index (χ0) is 20.6. The molecule has 6 heteroatoms. The minimum Gasteiger partial charge on any atom is -0.443 e. The van der Waals surface area contributed by atoms with Gasteiger partial charge >= 0.3 is 6.09 Å². The summed E-state index contributed by atoms with van der Waals surface area (Å²) >= 11 is 0. The Hall–Kier alpha value is -2.89. The number of rotatable bonds is 3. The lowest BCUT2D eigenvalue weighted by Crippen LogP contribution is -2.34. The molecule has 0 saturated carbocycles. The quantitative estimate of drug-likeness (QED) is 0.632. The van der Waals surface area contributed by atoms with Crippen LogP contribution in [0.5, 0.6) is 0 Å². The number of imidazole rings is 1. The Kier molecular flexibility index (Phi) is 5.15. The van der Waals surface area contributed by atoms with Crippen molar-refractivity contribution in [2.45, 2.75) is 46.1 Å². The molecular weight excluding hydrogens is 352 g/mol. The number of amides is 1. The highest BCUT2D eigenvalue weighted by Crippen LogP contribution is 2.34. The van der Waals surface area contributed by atoms with Crippen LogP contribution in [0.3, 0.4) is 0 Å². The highest BCUT2D eigenvalue weighted by molar-refractivity contribution is 5.95. The maximum absolute atomic E-state index is 12.6. The van der Waals surface area contributed by atoms with Gasteiger partial charge in [0.2, 0.25) is 0 Å². The van der Waals surface area contributed by atoms with Gasteiger partial charge in [-0.1, -0.05) is 38.1 Å². The van der Waals surface area contributed by atoms with Crippen LogP contribution in [0.15, 0.2) is 36.7 Å². The number of carbonyl (C=O) groups is 1. The van der Waals surface area contributed by atoms with Crippen LogP contribution < -0.4 is 4.90 Å². The van der Waals surface area contributed by atoms with E-state index < -0.39 is 11.7 Å². The van der Waals surface area contributed by atoms with E-state index in [1.165, 1.54) is 10.5 Å². The van der Waals surface area contributed by atoms with Crippen LogP contribution in [0, 0.1) is 0 Å². The first-order valence-electron chi connectivity index (χ1n) is 9.46. The lowest BCUT2D eigenvalue weighted by atomic mass is 9.94. The number of benzene rings is 1. The number of aryl methyl sites for hydroxylation is 1. The fraction of sp³-hybridized carbons (Fsp3) is 0.409. The van der Waals surface area contributed by atoms with Crippen molar-refractivity contribution in [3.8, 4) is 11.3 Å². The number of anilines is 1. The van der Waals surface area contributed by atoms with Gasteiger partial charge in [-0.3, -0.25) is 4.90 Å². The zero-order valence-electron chi connectivity index (χ0n) is 17.6. The molecule has 0 saturated heterocycles. The summed E-state index contributed by atoms with van der Waals surface area (Å²) in [5, 5.41) is 0. The summed E-state index contributed by atoms with van der Waals surface area (Å²) in [5.74, 6) is 0.864. The molecule has 2 aromatic heterocycles. The van der Waals surface area contributed by atoms with Crippen molar-refractivity contribution in [2.24, 2.45) is 7.05 Å². The second-order valence-corrected chi connectivity index (χ2v) is 8.33. The lowest BCUT2D eigenvalue weighted by Gasteiger charge is -2.24. The molecule has 0 atom stereocenters. The molecule has 28 heavy (non-hydrogen) atoms. The summed E-state index contributed by atoms with van der Waals surface area (Å²) < 4.78 is 7.45. The zero-order valence-corrected chi connectivity index (χ0v) is 17.6. The summed E-state index contributed by atoms with van der Waals surface area (Å²) in [5.41, 5.74) is 4.15. The fourth-order valence-electron chi connectivity index (χ4n) is 3.11. The summed E-state index contributed by atoms with van der Waals surface area (Å²) in [6.07, 6.45) is 1.33. The molecule has 0 aliphatic heterocycles. The molecule has 1 aromatic carbocycles. The minimum atomic E-state index is -0.574. The van der Waals surface area contributed by atoms with Crippen molar-refractivity contribution < 1.29 is 9.53 Å². The second kappa shape index (κ2) is 7.26. The first kappa shape index (κ1) is 19.9. The van der Waals surface area contributed by atoms with Gasteiger partial charge in [0.25, 0.3) is 0 Å². The summed E-state index contributed by atoms with van der Waals surface area (Å²) in [6.45, 7) is 9.86. The molecule has 2 heterocycles. The third-order valence-corrected chi connectivity index (χ3v) is 4.55. The van der Waals surface area contributed by atoms with Crippen LogP contribution in [-0.4, -0.2) is 33.3 Å². The molecule has 0 bridgehead atoms. The predicted octanol–water partition coefficient (Wildman–Crippen LogP) is 5.13. The van der Waals surface area contributed by atoms with Gasteiger partial charge in [0.1, 0.15) is 22.6 Å². The Morgan fingerprint density at radius 3 is 2.54 bits per heavy atom. The van der Waals surface area contributed by atoms with Gasteiger partial charge in [-0.25, -0.2) is 14.8 Å². The van der Waals surface area contributed by atoms with Gasteiger partial charge in [-0.15, -0.1) is 0 Å². The number of nitrogens with zero attached hydrogens (tertiary/aromatic N) is 4. The average Bonchev–Trinajstić information content (AvgIpc) is 3.00. The van der Waals surface area contributed by atoms with Gasteiger partial charge in [-0.2, -0.15) is 0 Å². The van der Waals surface area contributed by atoms with Crippen molar-refractivity contribution in [3.05, 3.63) is 42.2 Å². The molecule has 148 valence electrons. The molecule has 3 rings (SSSR count). The third-order valence-electron chi connectivity index (χ3n) is 4.55. The molecule has 0 aliphatic rings. The van der Waals surface area contributed by atoms with E-state index in [4.69, 9.17) is 9.72 Å². The number of pyridine rings is 1. The molecule has 0 radical (unpaired) electrons. The molecule has 0 spiro atoms. The summed E-state index contributed by atoms with van der Waals surface area (Å²) in [7, 11) is 3.61. The van der Waals surface area contributed by atoms with Crippen LogP contribution >= 0.6 is 0 Å². The maximum atomic E-state index is 12.6. The van der Waals surface area contributed by atoms with Crippen molar-refractivity contribution in [1.82, 2.24) is 14.5 Å². The number of fused-ring (bicyclic) bond motifs is 1. The smallest absolute Gasteiger partial charge is 0.415 e. The molecule has 1 amide bonds. The van der Waals surface area contributed by atoms with E-state index in [-0.39, 0.29) is 0 Å².